The maximum absolute atomic E-state index is 6.19. The van der Waals surface area contributed by atoms with E-state index in [2.05, 4.69) is 10.5 Å². The maximum Gasteiger partial charge on any atom is 0.0927 e. The number of nitrogens with one attached hydrogen (secondary N) is 1. The standard InChI is InChI=1S/C11H21ClN4O2/c1-11(2,18-4)10(15-13)9-8(12)7-14-16(9)5-6-17-3/h7,10,15H,5-6,13H2,1-4H3. The molecule has 3 N–H and O–H groups in total. The van der Waals surface area contributed by atoms with E-state index in [1.165, 1.54) is 0 Å². The summed E-state index contributed by atoms with van der Waals surface area (Å²) in [4.78, 5) is 0. The van der Waals surface area contributed by atoms with Crippen LogP contribution in [0.15, 0.2) is 6.20 Å². The van der Waals surface area contributed by atoms with E-state index >= 15 is 0 Å². The third kappa shape index (κ3) is 3.21. The van der Waals surface area contributed by atoms with Crippen molar-refractivity contribution in [3.63, 3.8) is 0 Å². The monoisotopic (exact) mass is 276 g/mol. The van der Waals surface area contributed by atoms with Crippen molar-refractivity contribution in [3.8, 4) is 0 Å². The highest BCUT2D eigenvalue weighted by molar-refractivity contribution is 6.31. The van der Waals surface area contributed by atoms with Gasteiger partial charge in [-0.1, -0.05) is 11.6 Å². The Balaban J connectivity index is 3.08. The van der Waals surface area contributed by atoms with Crippen LogP contribution in [0, 0.1) is 0 Å². The molecule has 1 atom stereocenters. The lowest BCUT2D eigenvalue weighted by atomic mass is 9.96. The summed E-state index contributed by atoms with van der Waals surface area (Å²) in [5.74, 6) is 5.63. The van der Waals surface area contributed by atoms with E-state index in [1.807, 2.05) is 13.8 Å². The van der Waals surface area contributed by atoms with E-state index in [9.17, 15) is 0 Å². The minimum absolute atomic E-state index is 0.269. The molecule has 1 aromatic heterocycles. The summed E-state index contributed by atoms with van der Waals surface area (Å²) in [6, 6.07) is -0.269. The van der Waals surface area contributed by atoms with Gasteiger partial charge in [-0.25, -0.2) is 5.43 Å². The first-order chi connectivity index (χ1) is 8.47. The summed E-state index contributed by atoms with van der Waals surface area (Å²) in [5, 5.41) is 4.78. The van der Waals surface area contributed by atoms with E-state index in [1.54, 1.807) is 25.1 Å². The van der Waals surface area contributed by atoms with Crippen LogP contribution in [0.5, 0.6) is 0 Å². The first-order valence-corrected chi connectivity index (χ1v) is 6.07. The van der Waals surface area contributed by atoms with Gasteiger partial charge < -0.3 is 9.47 Å². The average Bonchev–Trinajstić information content (AvgIpc) is 2.69. The number of ether oxygens (including phenoxy) is 2. The van der Waals surface area contributed by atoms with Gasteiger partial charge in [-0.3, -0.25) is 10.5 Å². The fourth-order valence-corrected chi connectivity index (χ4v) is 1.99. The number of halogens is 1. The van der Waals surface area contributed by atoms with Gasteiger partial charge in [0.2, 0.25) is 0 Å². The Bertz CT molecular complexity index is 381. The minimum Gasteiger partial charge on any atom is -0.383 e. The van der Waals surface area contributed by atoms with Crippen molar-refractivity contribution in [2.24, 2.45) is 5.84 Å². The summed E-state index contributed by atoms with van der Waals surface area (Å²) < 4.78 is 12.3. The van der Waals surface area contributed by atoms with Crippen molar-refractivity contribution in [3.05, 3.63) is 16.9 Å². The molecule has 104 valence electrons. The quantitative estimate of drug-likeness (QED) is 0.576. The van der Waals surface area contributed by atoms with E-state index in [-0.39, 0.29) is 6.04 Å². The van der Waals surface area contributed by atoms with Crippen molar-refractivity contribution < 1.29 is 9.47 Å². The van der Waals surface area contributed by atoms with Gasteiger partial charge in [0.05, 0.1) is 41.7 Å². The molecular weight excluding hydrogens is 256 g/mol. The lowest BCUT2D eigenvalue weighted by molar-refractivity contribution is -0.0138. The summed E-state index contributed by atoms with van der Waals surface area (Å²) in [5.41, 5.74) is 3.03. The van der Waals surface area contributed by atoms with E-state index in [0.717, 1.165) is 5.69 Å². The number of rotatable bonds is 7. The van der Waals surface area contributed by atoms with E-state index in [0.29, 0.717) is 18.2 Å². The second kappa shape index (κ2) is 6.49. The van der Waals surface area contributed by atoms with Gasteiger partial charge in [0.1, 0.15) is 0 Å². The number of hydrogen-bond donors (Lipinski definition) is 2. The van der Waals surface area contributed by atoms with E-state index in [4.69, 9.17) is 26.9 Å². The molecule has 0 saturated heterocycles. The third-order valence-corrected chi connectivity index (χ3v) is 3.29. The van der Waals surface area contributed by atoms with Gasteiger partial charge >= 0.3 is 0 Å². The smallest absolute Gasteiger partial charge is 0.0927 e. The zero-order chi connectivity index (χ0) is 13.8. The van der Waals surface area contributed by atoms with Gasteiger partial charge in [0, 0.05) is 14.2 Å². The van der Waals surface area contributed by atoms with Crippen LogP contribution in [-0.2, 0) is 16.0 Å². The maximum atomic E-state index is 6.19. The summed E-state index contributed by atoms with van der Waals surface area (Å²) >= 11 is 6.19. The number of hydrazine groups is 1. The van der Waals surface area contributed by atoms with Crippen LogP contribution < -0.4 is 11.3 Å². The summed E-state index contributed by atoms with van der Waals surface area (Å²) in [7, 11) is 3.27. The highest BCUT2D eigenvalue weighted by Gasteiger charge is 2.34. The fraction of sp³-hybridized carbons (Fsp3) is 0.727. The van der Waals surface area contributed by atoms with Crippen LogP contribution in [-0.4, -0.2) is 36.2 Å². The van der Waals surface area contributed by atoms with Crippen molar-refractivity contribution in [2.45, 2.75) is 32.0 Å². The first kappa shape index (κ1) is 15.4. The minimum atomic E-state index is -0.511. The number of nitrogens with zero attached hydrogens (tertiary/aromatic N) is 2. The molecule has 18 heavy (non-hydrogen) atoms. The third-order valence-electron chi connectivity index (χ3n) is 3.00. The van der Waals surface area contributed by atoms with Gasteiger partial charge in [0.15, 0.2) is 0 Å². The lowest BCUT2D eigenvalue weighted by Crippen LogP contribution is -2.45. The Morgan fingerprint density at radius 3 is 2.72 bits per heavy atom. The number of nitrogens with two attached hydrogens (primary N) is 1. The average molecular weight is 277 g/mol. The summed E-state index contributed by atoms with van der Waals surface area (Å²) in [6.07, 6.45) is 1.60. The molecule has 0 bridgehead atoms. The van der Waals surface area contributed by atoms with Crippen molar-refractivity contribution in [1.82, 2.24) is 15.2 Å². The second-order valence-electron chi connectivity index (χ2n) is 4.50. The molecule has 0 saturated carbocycles. The molecule has 0 amide bonds. The Labute approximate surface area is 112 Å². The zero-order valence-corrected chi connectivity index (χ0v) is 12.0. The highest BCUT2D eigenvalue weighted by Crippen LogP contribution is 2.32. The molecule has 1 unspecified atom stereocenters. The van der Waals surface area contributed by atoms with Crippen LogP contribution in [0.3, 0.4) is 0 Å². The predicted molar refractivity (Wildman–Crippen MR) is 70.3 cm³/mol. The van der Waals surface area contributed by atoms with Crippen LogP contribution >= 0.6 is 11.6 Å². The topological polar surface area (TPSA) is 74.3 Å². The van der Waals surface area contributed by atoms with Crippen molar-refractivity contribution in [2.75, 3.05) is 20.8 Å². The molecule has 0 fully saturated rings. The molecule has 1 aromatic rings. The Kier molecular flexibility index (Phi) is 5.55. The van der Waals surface area contributed by atoms with Crippen LogP contribution in [0.1, 0.15) is 25.6 Å². The Morgan fingerprint density at radius 1 is 1.56 bits per heavy atom. The zero-order valence-electron chi connectivity index (χ0n) is 11.2. The number of methoxy groups -OCH3 is 2. The molecule has 1 rings (SSSR count). The fourth-order valence-electron chi connectivity index (χ4n) is 1.74. The molecule has 0 aromatic carbocycles. The Hall–Kier alpha value is -0.660. The van der Waals surface area contributed by atoms with Crippen LogP contribution in [0.2, 0.25) is 5.02 Å². The molecule has 0 aliphatic rings. The van der Waals surface area contributed by atoms with Crippen LogP contribution in [0.4, 0.5) is 0 Å². The SMILES string of the molecule is COCCn1ncc(Cl)c1C(NN)C(C)(C)OC. The Morgan fingerprint density at radius 2 is 2.22 bits per heavy atom. The second-order valence-corrected chi connectivity index (χ2v) is 4.91. The van der Waals surface area contributed by atoms with Gasteiger partial charge in [0.25, 0.3) is 0 Å². The lowest BCUT2D eigenvalue weighted by Gasteiger charge is -2.33. The predicted octanol–water partition coefficient (Wildman–Crippen LogP) is 1.11. The molecule has 0 aliphatic carbocycles. The van der Waals surface area contributed by atoms with Gasteiger partial charge in [-0.2, -0.15) is 5.10 Å². The molecule has 0 spiro atoms. The number of hydrogen-bond acceptors (Lipinski definition) is 5. The molecule has 0 aliphatic heterocycles. The largest absolute Gasteiger partial charge is 0.383 e. The molecular formula is C11H21ClN4O2. The molecule has 1 heterocycles. The van der Waals surface area contributed by atoms with Gasteiger partial charge in [-0.05, 0) is 13.8 Å². The molecule has 6 nitrogen and oxygen atoms in total. The van der Waals surface area contributed by atoms with E-state index < -0.39 is 5.60 Å². The van der Waals surface area contributed by atoms with Crippen molar-refractivity contribution in [1.29, 1.82) is 0 Å². The normalized spacial score (nSPS) is 13.9. The molecule has 7 heteroatoms. The summed E-state index contributed by atoms with van der Waals surface area (Å²) in [6.45, 7) is 5.02. The van der Waals surface area contributed by atoms with Crippen molar-refractivity contribution >= 4 is 11.6 Å². The van der Waals surface area contributed by atoms with Crippen LogP contribution in [0.25, 0.3) is 0 Å². The molecule has 0 radical (unpaired) electrons. The number of aromatic nitrogens is 2. The highest BCUT2D eigenvalue weighted by atomic mass is 35.5. The van der Waals surface area contributed by atoms with Gasteiger partial charge in [-0.15, -0.1) is 0 Å². The first-order valence-electron chi connectivity index (χ1n) is 5.69.